The Morgan fingerprint density at radius 2 is 1.52 bits per heavy atom. The van der Waals surface area contributed by atoms with Crippen molar-refractivity contribution in [2.75, 3.05) is 6.61 Å². The van der Waals surface area contributed by atoms with Gasteiger partial charge in [-0.05, 0) is 85.8 Å². The molecular formula is C27H31NO3. The maximum Gasteiger partial charge on any atom is 0.339 e. The minimum absolute atomic E-state index is 0.128. The van der Waals surface area contributed by atoms with Gasteiger partial charge in [0.2, 0.25) is 0 Å². The molecule has 2 aromatic carbocycles. The fourth-order valence-electron chi connectivity index (χ4n) is 6.88. The Morgan fingerprint density at radius 3 is 2.16 bits per heavy atom. The van der Waals surface area contributed by atoms with Gasteiger partial charge in [-0.25, -0.2) is 4.79 Å². The number of amides is 1. The van der Waals surface area contributed by atoms with Crippen LogP contribution in [0.4, 0.5) is 0 Å². The normalized spacial score (nSPS) is 29.4. The van der Waals surface area contributed by atoms with Crippen LogP contribution in [-0.4, -0.2) is 24.5 Å². The van der Waals surface area contributed by atoms with Gasteiger partial charge in [-0.2, -0.15) is 0 Å². The Morgan fingerprint density at radius 1 is 0.935 bits per heavy atom. The molecule has 1 N–H and O–H groups in total. The predicted octanol–water partition coefficient (Wildman–Crippen LogP) is 5.23. The highest BCUT2D eigenvalue weighted by atomic mass is 16.5. The maximum atomic E-state index is 12.7. The lowest BCUT2D eigenvalue weighted by Crippen LogP contribution is -2.56. The third kappa shape index (κ3) is 4.00. The number of esters is 1. The molecule has 4 aliphatic rings. The van der Waals surface area contributed by atoms with E-state index in [0.717, 1.165) is 28.9 Å². The first-order valence-electron chi connectivity index (χ1n) is 11.6. The zero-order valence-corrected chi connectivity index (χ0v) is 18.2. The van der Waals surface area contributed by atoms with E-state index >= 15 is 0 Å². The van der Waals surface area contributed by atoms with Crippen LogP contribution in [-0.2, 0) is 9.53 Å². The van der Waals surface area contributed by atoms with Crippen LogP contribution in [0.25, 0.3) is 11.1 Å². The van der Waals surface area contributed by atoms with E-state index in [-0.39, 0.29) is 24.0 Å². The van der Waals surface area contributed by atoms with Crippen molar-refractivity contribution in [3.05, 3.63) is 60.2 Å². The average Bonchev–Trinajstić information content (AvgIpc) is 2.77. The summed E-state index contributed by atoms with van der Waals surface area (Å²) in [5.74, 6) is 1.87. The summed E-state index contributed by atoms with van der Waals surface area (Å²) in [6, 6.07) is 17.3. The SMILES string of the molecule is C[C@H](NC(=O)COC(=O)c1ccccc1-c1ccccc1)C12CC3CC(CC(C3)C1)C2. The summed E-state index contributed by atoms with van der Waals surface area (Å²) in [6.07, 6.45) is 7.88. The molecule has 1 atom stereocenters. The predicted molar refractivity (Wildman–Crippen MR) is 120 cm³/mol. The number of rotatable bonds is 6. The fraction of sp³-hybridized carbons (Fsp3) is 0.481. The van der Waals surface area contributed by atoms with Crippen molar-refractivity contribution in [2.24, 2.45) is 23.2 Å². The maximum absolute atomic E-state index is 12.7. The van der Waals surface area contributed by atoms with Crippen molar-refractivity contribution in [2.45, 2.75) is 51.5 Å². The first-order chi connectivity index (χ1) is 15.0. The second-order valence-electron chi connectivity index (χ2n) is 10.1. The molecule has 0 aliphatic heterocycles. The molecule has 4 heteroatoms. The van der Waals surface area contributed by atoms with E-state index in [1.807, 2.05) is 48.5 Å². The highest BCUT2D eigenvalue weighted by Gasteiger charge is 2.53. The summed E-state index contributed by atoms with van der Waals surface area (Å²) >= 11 is 0. The lowest BCUT2D eigenvalue weighted by molar-refractivity contribution is -0.128. The van der Waals surface area contributed by atoms with Gasteiger partial charge in [0.15, 0.2) is 6.61 Å². The minimum atomic E-state index is -0.461. The van der Waals surface area contributed by atoms with Crippen LogP contribution >= 0.6 is 0 Å². The Hall–Kier alpha value is -2.62. The van der Waals surface area contributed by atoms with Gasteiger partial charge in [0.05, 0.1) is 5.56 Å². The van der Waals surface area contributed by atoms with E-state index in [9.17, 15) is 9.59 Å². The standard InChI is InChI=1S/C27H31NO3/c1-18(27-14-19-11-20(15-27)13-21(12-19)16-27)28-25(29)17-31-26(30)24-10-6-5-9-23(24)22-7-3-2-4-8-22/h2-10,18-21H,11-17H2,1H3,(H,28,29)/t18-,19?,20?,21?,27?/m0/s1. The van der Waals surface area contributed by atoms with Crippen LogP contribution in [0.5, 0.6) is 0 Å². The molecule has 0 radical (unpaired) electrons. The van der Waals surface area contributed by atoms with Crippen molar-refractivity contribution in [1.29, 1.82) is 0 Å². The topological polar surface area (TPSA) is 55.4 Å². The van der Waals surface area contributed by atoms with Gasteiger partial charge in [0.25, 0.3) is 5.91 Å². The van der Waals surface area contributed by atoms with Crippen molar-refractivity contribution in [1.82, 2.24) is 5.32 Å². The fourth-order valence-corrected chi connectivity index (χ4v) is 6.88. The number of nitrogens with one attached hydrogen (secondary N) is 1. The van der Waals surface area contributed by atoms with E-state index in [1.165, 1.54) is 38.5 Å². The Kier molecular flexibility index (Phi) is 5.33. The Labute approximate surface area is 184 Å². The van der Waals surface area contributed by atoms with Gasteiger partial charge in [0.1, 0.15) is 0 Å². The van der Waals surface area contributed by atoms with Crippen molar-refractivity contribution in [3.8, 4) is 11.1 Å². The van der Waals surface area contributed by atoms with Gasteiger partial charge in [-0.1, -0.05) is 48.5 Å². The smallest absolute Gasteiger partial charge is 0.339 e. The van der Waals surface area contributed by atoms with Gasteiger partial charge < -0.3 is 10.1 Å². The van der Waals surface area contributed by atoms with E-state index in [0.29, 0.717) is 5.56 Å². The summed E-state index contributed by atoms with van der Waals surface area (Å²) in [6.45, 7) is 1.91. The van der Waals surface area contributed by atoms with Gasteiger partial charge in [-0.3, -0.25) is 4.79 Å². The van der Waals surface area contributed by atoms with Crippen molar-refractivity contribution < 1.29 is 14.3 Å². The third-order valence-corrected chi connectivity index (χ3v) is 7.95. The average molecular weight is 418 g/mol. The van der Waals surface area contributed by atoms with Crippen molar-refractivity contribution >= 4 is 11.9 Å². The van der Waals surface area contributed by atoms with Crippen LogP contribution in [0.3, 0.4) is 0 Å². The second kappa shape index (κ2) is 8.14. The zero-order valence-electron chi connectivity index (χ0n) is 18.2. The van der Waals surface area contributed by atoms with Gasteiger partial charge in [0, 0.05) is 6.04 Å². The molecule has 4 bridgehead atoms. The minimum Gasteiger partial charge on any atom is -0.452 e. The molecule has 2 aromatic rings. The third-order valence-electron chi connectivity index (χ3n) is 7.95. The second-order valence-corrected chi connectivity index (χ2v) is 10.1. The molecule has 4 aliphatic carbocycles. The molecule has 4 nitrogen and oxygen atoms in total. The summed E-state index contributed by atoms with van der Waals surface area (Å²) in [5, 5.41) is 3.17. The summed E-state index contributed by atoms with van der Waals surface area (Å²) in [4.78, 5) is 25.4. The van der Waals surface area contributed by atoms with Crippen LogP contribution in [0.2, 0.25) is 0 Å². The number of hydrogen-bond donors (Lipinski definition) is 1. The molecule has 0 unspecified atom stereocenters. The van der Waals surface area contributed by atoms with E-state index < -0.39 is 5.97 Å². The lowest BCUT2D eigenvalue weighted by atomic mass is 9.48. The van der Waals surface area contributed by atoms with E-state index in [2.05, 4.69) is 12.2 Å². The van der Waals surface area contributed by atoms with Crippen LogP contribution < -0.4 is 5.32 Å². The Balaban J connectivity index is 1.20. The van der Waals surface area contributed by atoms with E-state index in [1.54, 1.807) is 6.07 Å². The molecular weight excluding hydrogens is 386 g/mol. The molecule has 0 aromatic heterocycles. The van der Waals surface area contributed by atoms with Gasteiger partial charge in [-0.15, -0.1) is 0 Å². The molecule has 4 saturated carbocycles. The molecule has 4 fully saturated rings. The summed E-state index contributed by atoms with van der Waals surface area (Å²) in [7, 11) is 0. The first kappa shape index (κ1) is 20.3. The number of carbonyl (C=O) groups excluding carboxylic acids is 2. The summed E-state index contributed by atoms with van der Waals surface area (Å²) < 4.78 is 5.42. The lowest BCUT2D eigenvalue weighted by Gasteiger charge is -2.59. The van der Waals surface area contributed by atoms with Crippen molar-refractivity contribution in [3.63, 3.8) is 0 Å². The highest BCUT2D eigenvalue weighted by Crippen LogP contribution is 2.61. The Bertz CT molecular complexity index is 932. The summed E-state index contributed by atoms with van der Waals surface area (Å²) in [5.41, 5.74) is 2.50. The molecule has 0 heterocycles. The van der Waals surface area contributed by atoms with Crippen LogP contribution in [0, 0.1) is 23.2 Å². The number of ether oxygens (including phenoxy) is 1. The van der Waals surface area contributed by atoms with E-state index in [4.69, 9.17) is 4.74 Å². The highest BCUT2D eigenvalue weighted by molar-refractivity contribution is 5.98. The monoisotopic (exact) mass is 417 g/mol. The number of benzene rings is 2. The largest absolute Gasteiger partial charge is 0.452 e. The molecule has 162 valence electrons. The van der Waals surface area contributed by atoms with Gasteiger partial charge >= 0.3 is 5.97 Å². The molecule has 6 rings (SSSR count). The number of carbonyl (C=O) groups is 2. The quantitative estimate of drug-likeness (QED) is 0.655. The molecule has 31 heavy (non-hydrogen) atoms. The number of hydrogen-bond acceptors (Lipinski definition) is 3. The molecule has 1 amide bonds. The first-order valence-corrected chi connectivity index (χ1v) is 11.6. The molecule has 0 saturated heterocycles. The van der Waals surface area contributed by atoms with Crippen LogP contribution in [0.15, 0.2) is 54.6 Å². The zero-order chi connectivity index (χ0) is 21.4. The molecule has 0 spiro atoms. The van der Waals surface area contributed by atoms with Crippen LogP contribution in [0.1, 0.15) is 55.8 Å².